The van der Waals surface area contributed by atoms with Crippen molar-refractivity contribution in [3.05, 3.63) is 78.0 Å². The summed E-state index contributed by atoms with van der Waals surface area (Å²) in [5, 5.41) is 11.8. The van der Waals surface area contributed by atoms with Crippen molar-refractivity contribution in [3.63, 3.8) is 0 Å². The molecule has 3 rings (SSSR count). The van der Waals surface area contributed by atoms with Crippen LogP contribution >= 0.6 is 0 Å². The molecule has 1 heterocycles. The first-order valence-corrected chi connectivity index (χ1v) is 10.9. The third-order valence-electron chi connectivity index (χ3n) is 5.25. The Morgan fingerprint density at radius 1 is 1.03 bits per heavy atom. The van der Waals surface area contributed by atoms with Crippen LogP contribution in [0, 0.1) is 0 Å². The molecule has 0 aliphatic rings. The molecule has 0 amide bonds. The highest BCUT2D eigenvalue weighted by molar-refractivity contribution is 6.07. The van der Waals surface area contributed by atoms with Crippen LogP contribution in [-0.4, -0.2) is 46.1 Å². The summed E-state index contributed by atoms with van der Waals surface area (Å²) in [6, 6.07) is 17.4. The average molecular weight is 405 g/mol. The van der Waals surface area contributed by atoms with Crippen molar-refractivity contribution in [2.75, 3.05) is 19.6 Å². The Morgan fingerprint density at radius 3 is 2.40 bits per heavy atom. The van der Waals surface area contributed by atoms with Crippen LogP contribution in [0.15, 0.2) is 66.9 Å². The molecule has 4 nitrogen and oxygen atoms in total. The molecular formula is C26H32N2O2. The molecule has 158 valence electrons. The minimum atomic E-state index is -0.443. The monoisotopic (exact) mass is 404 g/mol. The number of carbonyl (C=O) groups is 1. The fraction of sp³-hybridized carbons (Fsp3) is 0.346. The van der Waals surface area contributed by atoms with Crippen molar-refractivity contribution in [1.29, 1.82) is 0 Å². The van der Waals surface area contributed by atoms with Gasteiger partial charge in [0.25, 0.3) is 0 Å². The van der Waals surface area contributed by atoms with Gasteiger partial charge in [-0.2, -0.15) is 0 Å². The van der Waals surface area contributed by atoms with Gasteiger partial charge < -0.3 is 14.6 Å². The fourth-order valence-electron chi connectivity index (χ4n) is 3.93. The molecule has 1 aromatic heterocycles. The number of carbonyl (C=O) groups excluding carboxylic acids is 1. The van der Waals surface area contributed by atoms with E-state index in [1.807, 2.05) is 54.7 Å². The van der Waals surface area contributed by atoms with Gasteiger partial charge in [0.05, 0.1) is 6.10 Å². The quantitative estimate of drug-likeness (QED) is 0.360. The molecule has 0 aliphatic carbocycles. The number of rotatable bonds is 11. The molecule has 0 bridgehead atoms. The molecule has 0 fully saturated rings. The summed E-state index contributed by atoms with van der Waals surface area (Å²) in [5.74, 6) is -0.0118. The summed E-state index contributed by atoms with van der Waals surface area (Å²) in [6.07, 6.45) is 7.27. The lowest BCUT2D eigenvalue weighted by molar-refractivity contribution is 0.0988. The second-order valence-electron chi connectivity index (χ2n) is 7.77. The number of para-hydroxylation sites is 1. The maximum atomic E-state index is 12.4. The lowest BCUT2D eigenvalue weighted by Gasteiger charge is -2.24. The number of ketones is 1. The molecule has 0 radical (unpaired) electrons. The van der Waals surface area contributed by atoms with Crippen molar-refractivity contribution in [1.82, 2.24) is 9.47 Å². The summed E-state index contributed by atoms with van der Waals surface area (Å²) in [4.78, 5) is 14.8. The Labute approximate surface area is 179 Å². The highest BCUT2D eigenvalue weighted by Crippen LogP contribution is 2.23. The first-order chi connectivity index (χ1) is 14.6. The van der Waals surface area contributed by atoms with Crippen LogP contribution in [0.25, 0.3) is 17.0 Å². The van der Waals surface area contributed by atoms with E-state index in [1.165, 1.54) is 0 Å². The van der Waals surface area contributed by atoms with E-state index >= 15 is 0 Å². The lowest BCUT2D eigenvalue weighted by Crippen LogP contribution is -2.35. The van der Waals surface area contributed by atoms with E-state index in [1.54, 1.807) is 6.08 Å². The number of nitrogens with zero attached hydrogens (tertiary/aromatic N) is 2. The summed E-state index contributed by atoms with van der Waals surface area (Å²) >= 11 is 0. The number of aliphatic hydroxyl groups excluding tert-OH is 1. The summed E-state index contributed by atoms with van der Waals surface area (Å²) in [6.45, 7) is 7.56. The van der Waals surface area contributed by atoms with Crippen LogP contribution in [0.1, 0.15) is 42.6 Å². The molecule has 1 atom stereocenters. The molecule has 2 aromatic carbocycles. The molecule has 30 heavy (non-hydrogen) atoms. The number of hydrogen-bond donors (Lipinski definition) is 1. The van der Waals surface area contributed by atoms with Crippen LogP contribution in [0.2, 0.25) is 0 Å². The molecule has 0 spiro atoms. The Morgan fingerprint density at radius 2 is 1.70 bits per heavy atom. The van der Waals surface area contributed by atoms with Crippen LogP contribution in [0.5, 0.6) is 0 Å². The van der Waals surface area contributed by atoms with E-state index in [4.69, 9.17) is 0 Å². The van der Waals surface area contributed by atoms with Crippen LogP contribution in [0.3, 0.4) is 0 Å². The van der Waals surface area contributed by atoms with Crippen LogP contribution in [0.4, 0.5) is 0 Å². The number of allylic oxidation sites excluding steroid dienone is 1. The molecular weight excluding hydrogens is 372 g/mol. The van der Waals surface area contributed by atoms with Gasteiger partial charge in [0.2, 0.25) is 0 Å². The van der Waals surface area contributed by atoms with Gasteiger partial charge in [0, 0.05) is 41.3 Å². The van der Waals surface area contributed by atoms with Gasteiger partial charge in [-0.3, -0.25) is 4.79 Å². The van der Waals surface area contributed by atoms with Crippen molar-refractivity contribution in [3.8, 4) is 0 Å². The van der Waals surface area contributed by atoms with Gasteiger partial charge in [0.15, 0.2) is 5.78 Å². The maximum Gasteiger partial charge on any atom is 0.185 e. The van der Waals surface area contributed by atoms with Gasteiger partial charge >= 0.3 is 0 Å². The normalized spacial score (nSPS) is 12.8. The zero-order valence-electron chi connectivity index (χ0n) is 18.0. The van der Waals surface area contributed by atoms with Crippen molar-refractivity contribution >= 4 is 22.8 Å². The minimum Gasteiger partial charge on any atom is -0.390 e. The zero-order chi connectivity index (χ0) is 21.3. The standard InChI is InChI=1S/C26H32N2O2/c1-3-16-27(17-4-2)19-23(29)20-28-18-22(24-12-8-9-13-25(24)28)14-15-26(30)21-10-6-5-7-11-21/h5-15,18,23,29H,3-4,16-17,19-20H2,1-2H3. The van der Waals surface area contributed by atoms with Gasteiger partial charge in [0.1, 0.15) is 0 Å². The predicted molar refractivity (Wildman–Crippen MR) is 125 cm³/mol. The first-order valence-electron chi connectivity index (χ1n) is 10.9. The highest BCUT2D eigenvalue weighted by atomic mass is 16.3. The molecule has 4 heteroatoms. The second kappa shape index (κ2) is 10.9. The van der Waals surface area contributed by atoms with E-state index in [-0.39, 0.29) is 5.78 Å². The summed E-state index contributed by atoms with van der Waals surface area (Å²) in [7, 11) is 0. The molecule has 3 aromatic rings. The number of benzene rings is 2. The highest BCUT2D eigenvalue weighted by Gasteiger charge is 2.14. The lowest BCUT2D eigenvalue weighted by atomic mass is 10.1. The predicted octanol–water partition coefficient (Wildman–Crippen LogP) is 5.02. The third-order valence-corrected chi connectivity index (χ3v) is 5.25. The van der Waals surface area contributed by atoms with E-state index in [0.717, 1.165) is 42.4 Å². The number of hydrogen-bond acceptors (Lipinski definition) is 3. The number of aliphatic hydroxyl groups is 1. The zero-order valence-corrected chi connectivity index (χ0v) is 18.0. The number of aromatic nitrogens is 1. The Kier molecular flexibility index (Phi) is 8.00. The largest absolute Gasteiger partial charge is 0.390 e. The Hall–Kier alpha value is -2.69. The summed E-state index contributed by atoms with van der Waals surface area (Å²) < 4.78 is 2.10. The topological polar surface area (TPSA) is 45.5 Å². The third kappa shape index (κ3) is 5.68. The van der Waals surface area contributed by atoms with Crippen LogP contribution < -0.4 is 0 Å². The van der Waals surface area contributed by atoms with E-state index < -0.39 is 6.10 Å². The smallest absolute Gasteiger partial charge is 0.185 e. The SMILES string of the molecule is CCCN(CCC)CC(O)Cn1cc(C=CC(=O)c2ccccc2)c2ccccc21. The Balaban J connectivity index is 1.78. The van der Waals surface area contributed by atoms with Gasteiger partial charge in [-0.1, -0.05) is 62.4 Å². The minimum absolute atomic E-state index is 0.0118. The molecule has 0 saturated carbocycles. The van der Waals surface area contributed by atoms with Crippen molar-refractivity contribution in [2.24, 2.45) is 0 Å². The first kappa shape index (κ1) is 22.0. The van der Waals surface area contributed by atoms with Crippen molar-refractivity contribution in [2.45, 2.75) is 39.3 Å². The van der Waals surface area contributed by atoms with Gasteiger partial charge in [-0.15, -0.1) is 0 Å². The van der Waals surface area contributed by atoms with Crippen molar-refractivity contribution < 1.29 is 9.90 Å². The second-order valence-corrected chi connectivity index (χ2v) is 7.77. The van der Waals surface area contributed by atoms with Gasteiger partial charge in [-0.25, -0.2) is 0 Å². The van der Waals surface area contributed by atoms with Gasteiger partial charge in [-0.05, 0) is 44.1 Å². The van der Waals surface area contributed by atoms with Crippen LogP contribution in [-0.2, 0) is 6.54 Å². The Bertz CT molecular complexity index is 969. The summed E-state index contributed by atoms with van der Waals surface area (Å²) in [5.41, 5.74) is 2.74. The van der Waals surface area contributed by atoms with E-state index in [2.05, 4.69) is 35.4 Å². The average Bonchev–Trinajstić information content (AvgIpc) is 3.10. The molecule has 1 N–H and O–H groups in total. The molecule has 0 saturated heterocycles. The molecule has 0 aliphatic heterocycles. The maximum absolute atomic E-state index is 12.4. The number of fused-ring (bicyclic) bond motifs is 1. The van der Waals surface area contributed by atoms with E-state index in [0.29, 0.717) is 18.7 Å². The molecule has 1 unspecified atom stereocenters. The van der Waals surface area contributed by atoms with E-state index in [9.17, 15) is 9.90 Å². The fourth-order valence-corrected chi connectivity index (χ4v) is 3.93.